The summed E-state index contributed by atoms with van der Waals surface area (Å²) in [5.41, 5.74) is 2.22. The maximum atomic E-state index is 13.6. The summed E-state index contributed by atoms with van der Waals surface area (Å²) in [5, 5.41) is -2.75. The van der Waals surface area contributed by atoms with Gasteiger partial charge in [-0.05, 0) is 53.5 Å². The summed E-state index contributed by atoms with van der Waals surface area (Å²) < 4.78 is 62.4. The van der Waals surface area contributed by atoms with Gasteiger partial charge in [0.1, 0.15) is 6.61 Å². The molecule has 5 nitrogen and oxygen atoms in total. The van der Waals surface area contributed by atoms with E-state index in [0.717, 1.165) is 40.3 Å². The quantitative estimate of drug-likeness (QED) is 0.342. The molecule has 1 aliphatic carbocycles. The molecule has 0 spiro atoms. The summed E-state index contributed by atoms with van der Waals surface area (Å²) >= 11 is 0. The Morgan fingerprint density at radius 3 is 2.38 bits per heavy atom. The molecule has 1 N–H and O–H groups in total. The minimum Gasteiger partial charge on any atom is -0.459 e. The zero-order valence-corrected chi connectivity index (χ0v) is 19.4. The molecule has 2 unspecified atom stereocenters. The van der Waals surface area contributed by atoms with E-state index in [-0.39, 0.29) is 5.41 Å². The first-order chi connectivity index (χ1) is 14.7. The van der Waals surface area contributed by atoms with Crippen LogP contribution in [0.4, 0.5) is 8.78 Å². The first-order valence-corrected chi connectivity index (χ1v) is 11.9. The van der Waals surface area contributed by atoms with Crippen molar-refractivity contribution in [3.05, 3.63) is 59.2 Å². The summed E-state index contributed by atoms with van der Waals surface area (Å²) in [6.45, 7) is 7.53. The lowest BCUT2D eigenvalue weighted by atomic mass is 9.61. The predicted molar refractivity (Wildman–Crippen MR) is 119 cm³/mol. The van der Waals surface area contributed by atoms with Crippen LogP contribution in [0.3, 0.4) is 0 Å². The molecule has 0 saturated heterocycles. The summed E-state index contributed by atoms with van der Waals surface area (Å²) in [6.07, 6.45) is 3.94. The van der Waals surface area contributed by atoms with Gasteiger partial charge in [0, 0.05) is 5.41 Å². The Balaban J connectivity index is 1.97. The van der Waals surface area contributed by atoms with Crippen LogP contribution in [-0.2, 0) is 25.1 Å². The largest absolute Gasteiger partial charge is 0.465 e. The number of hydrogen-bond donors (Lipinski definition) is 1. The number of hydrogen-bond acceptors (Lipinski definition) is 4. The van der Waals surface area contributed by atoms with Crippen molar-refractivity contribution in [1.82, 2.24) is 0 Å². The second kappa shape index (κ2) is 8.23. The molecule has 0 bridgehead atoms. The SMILES string of the molecule is CCC1=CC(C)(COC(=O)C(F)(F)S(=O)(=O)O)CC(C)(c2ccc(C)c3ccccc23)C1. The van der Waals surface area contributed by atoms with Crippen molar-refractivity contribution < 1.29 is 31.3 Å². The van der Waals surface area contributed by atoms with Crippen LogP contribution in [0.25, 0.3) is 10.8 Å². The van der Waals surface area contributed by atoms with Gasteiger partial charge in [-0.1, -0.05) is 68.8 Å². The van der Waals surface area contributed by atoms with Crippen LogP contribution in [0.5, 0.6) is 0 Å². The van der Waals surface area contributed by atoms with E-state index in [9.17, 15) is 22.0 Å². The van der Waals surface area contributed by atoms with Crippen LogP contribution in [0.15, 0.2) is 48.0 Å². The lowest BCUT2D eigenvalue weighted by Crippen LogP contribution is -2.42. The molecular weight excluding hydrogens is 438 g/mol. The number of rotatable bonds is 6. The van der Waals surface area contributed by atoms with Gasteiger partial charge in [-0.15, -0.1) is 0 Å². The van der Waals surface area contributed by atoms with Gasteiger partial charge in [0.15, 0.2) is 0 Å². The van der Waals surface area contributed by atoms with Crippen molar-refractivity contribution >= 4 is 26.9 Å². The minimum absolute atomic E-state index is 0.361. The second-order valence-electron chi connectivity index (χ2n) is 9.27. The number of ether oxygens (including phenoxy) is 1. The Hall–Kier alpha value is -2.32. The maximum absolute atomic E-state index is 13.6. The van der Waals surface area contributed by atoms with E-state index in [4.69, 9.17) is 9.29 Å². The number of carbonyl (C=O) groups is 1. The van der Waals surface area contributed by atoms with Crippen LogP contribution < -0.4 is 0 Å². The lowest BCUT2D eigenvalue weighted by Gasteiger charge is -2.44. The molecule has 0 heterocycles. The number of allylic oxidation sites excluding steroid dienone is 1. The van der Waals surface area contributed by atoms with Crippen LogP contribution >= 0.6 is 0 Å². The standard InChI is InChI=1S/C24H28F2O5S/c1-5-17-12-22(3,15-31-21(27)24(25,26)32(28,29)30)14-23(4,13-17)20-11-10-16(2)18-8-6-7-9-19(18)20/h6-12H,5,13-15H2,1-4H3,(H,28,29,30). The highest BCUT2D eigenvalue weighted by Crippen LogP contribution is 2.49. The third-order valence-electron chi connectivity index (χ3n) is 6.30. The van der Waals surface area contributed by atoms with Gasteiger partial charge in [-0.25, -0.2) is 4.79 Å². The van der Waals surface area contributed by atoms with Gasteiger partial charge < -0.3 is 4.74 Å². The van der Waals surface area contributed by atoms with Crippen LogP contribution in [0.2, 0.25) is 0 Å². The molecule has 3 rings (SSSR count). The number of alkyl halides is 2. The van der Waals surface area contributed by atoms with E-state index in [1.165, 1.54) is 0 Å². The fourth-order valence-electron chi connectivity index (χ4n) is 4.96. The Morgan fingerprint density at radius 2 is 1.78 bits per heavy atom. The normalized spacial score (nSPS) is 24.3. The Labute approximate surface area is 187 Å². The van der Waals surface area contributed by atoms with Crippen molar-refractivity contribution in [2.24, 2.45) is 5.41 Å². The highest BCUT2D eigenvalue weighted by molar-refractivity contribution is 7.87. The van der Waals surface area contributed by atoms with Gasteiger partial charge in [0.05, 0.1) is 0 Å². The van der Waals surface area contributed by atoms with Gasteiger partial charge in [0.2, 0.25) is 0 Å². The van der Waals surface area contributed by atoms with E-state index in [1.807, 2.05) is 32.1 Å². The Morgan fingerprint density at radius 1 is 1.16 bits per heavy atom. The second-order valence-corrected chi connectivity index (χ2v) is 10.7. The molecule has 0 aromatic heterocycles. The fraction of sp³-hybridized carbons (Fsp3) is 0.458. The third-order valence-corrected chi connectivity index (χ3v) is 7.12. The average molecular weight is 467 g/mol. The van der Waals surface area contributed by atoms with Crippen molar-refractivity contribution in [1.29, 1.82) is 0 Å². The molecule has 8 heteroatoms. The van der Waals surface area contributed by atoms with E-state index in [1.54, 1.807) is 6.92 Å². The molecule has 0 saturated carbocycles. The van der Waals surface area contributed by atoms with Gasteiger partial charge in [-0.3, -0.25) is 4.55 Å². The molecule has 2 atom stereocenters. The predicted octanol–water partition coefficient (Wildman–Crippen LogP) is 5.57. The molecule has 1 aliphatic rings. The van der Waals surface area contributed by atoms with Crippen molar-refractivity contribution in [3.63, 3.8) is 0 Å². The number of halogens is 2. The van der Waals surface area contributed by atoms with Crippen molar-refractivity contribution in [3.8, 4) is 0 Å². The Kier molecular flexibility index (Phi) is 6.25. The van der Waals surface area contributed by atoms with Gasteiger partial charge in [-0.2, -0.15) is 17.2 Å². The van der Waals surface area contributed by atoms with E-state index in [0.29, 0.717) is 6.42 Å². The summed E-state index contributed by atoms with van der Waals surface area (Å²) in [4.78, 5) is 11.8. The molecule has 0 aliphatic heterocycles. The summed E-state index contributed by atoms with van der Waals surface area (Å²) in [5.74, 6) is -2.28. The van der Waals surface area contributed by atoms with Gasteiger partial charge in [0.25, 0.3) is 0 Å². The molecule has 32 heavy (non-hydrogen) atoms. The first-order valence-electron chi connectivity index (χ1n) is 10.4. The zero-order chi connectivity index (χ0) is 23.9. The zero-order valence-electron chi connectivity index (χ0n) is 18.6. The molecule has 0 radical (unpaired) electrons. The maximum Gasteiger partial charge on any atom is 0.465 e. The number of carbonyl (C=O) groups excluding carboxylic acids is 1. The van der Waals surface area contributed by atoms with Crippen LogP contribution in [0.1, 0.15) is 51.2 Å². The molecule has 0 fully saturated rings. The van der Waals surface area contributed by atoms with Crippen molar-refractivity contribution in [2.75, 3.05) is 6.61 Å². The molecule has 0 amide bonds. The van der Waals surface area contributed by atoms with E-state index >= 15 is 0 Å². The number of benzene rings is 2. The van der Waals surface area contributed by atoms with Gasteiger partial charge >= 0.3 is 21.3 Å². The minimum atomic E-state index is -5.91. The lowest BCUT2D eigenvalue weighted by molar-refractivity contribution is -0.164. The van der Waals surface area contributed by atoms with Crippen molar-refractivity contribution in [2.45, 2.75) is 57.6 Å². The van der Waals surface area contributed by atoms with Crippen LogP contribution in [-0.4, -0.2) is 30.8 Å². The molecule has 2 aromatic carbocycles. The average Bonchev–Trinajstić information content (AvgIpc) is 2.70. The molecule has 174 valence electrons. The summed E-state index contributed by atoms with van der Waals surface area (Å²) in [6, 6.07) is 12.3. The highest BCUT2D eigenvalue weighted by Gasteiger charge is 2.55. The number of esters is 1. The topological polar surface area (TPSA) is 80.7 Å². The number of fused-ring (bicyclic) bond motifs is 1. The highest BCUT2D eigenvalue weighted by atomic mass is 32.2. The van der Waals surface area contributed by atoms with E-state index < -0.39 is 33.4 Å². The molecular formula is C24H28F2O5S. The van der Waals surface area contributed by atoms with E-state index in [2.05, 4.69) is 31.2 Å². The van der Waals surface area contributed by atoms with Crippen LogP contribution in [0, 0.1) is 12.3 Å². The third kappa shape index (κ3) is 4.43. The monoisotopic (exact) mass is 466 g/mol. The summed E-state index contributed by atoms with van der Waals surface area (Å²) in [7, 11) is -5.91. The molecule has 2 aromatic rings. The fourth-order valence-corrected chi connectivity index (χ4v) is 5.23. The Bertz CT molecular complexity index is 1190. The smallest absolute Gasteiger partial charge is 0.459 e. The first kappa shape index (κ1) is 24.3. The number of aryl methyl sites for hydroxylation is 1.